The highest BCUT2D eigenvalue weighted by molar-refractivity contribution is 5.43. The van der Waals surface area contributed by atoms with Crippen LogP contribution in [0.15, 0.2) is 18.5 Å². The largest absolute Gasteiger partial charge is 0.381 e. The first-order valence-electron chi connectivity index (χ1n) is 4.40. The monoisotopic (exact) mass is 164 g/mol. The SMILES string of the molecule is CCC(C)Nc1cncc(C)c1. The number of nitrogens with one attached hydrogen (secondary N) is 1. The molecular formula is C10H16N2. The van der Waals surface area contributed by atoms with Gasteiger partial charge in [-0.2, -0.15) is 0 Å². The Morgan fingerprint density at radius 2 is 2.25 bits per heavy atom. The van der Waals surface area contributed by atoms with Crippen molar-refractivity contribution in [2.45, 2.75) is 33.2 Å². The maximum atomic E-state index is 4.11. The van der Waals surface area contributed by atoms with Crippen LogP contribution >= 0.6 is 0 Å². The van der Waals surface area contributed by atoms with Gasteiger partial charge < -0.3 is 5.32 Å². The molecule has 0 spiro atoms. The van der Waals surface area contributed by atoms with Crippen LogP contribution in [0.5, 0.6) is 0 Å². The second-order valence-electron chi connectivity index (χ2n) is 3.20. The Bertz CT molecular complexity index is 245. The van der Waals surface area contributed by atoms with Gasteiger partial charge in [0.25, 0.3) is 0 Å². The standard InChI is InChI=1S/C10H16N2/c1-4-9(3)12-10-5-8(2)6-11-7-10/h5-7,9,12H,4H2,1-3H3. The Morgan fingerprint density at radius 3 is 2.83 bits per heavy atom. The van der Waals surface area contributed by atoms with Crippen molar-refractivity contribution in [3.05, 3.63) is 24.0 Å². The number of pyridine rings is 1. The molecule has 1 aromatic rings. The average molecular weight is 164 g/mol. The van der Waals surface area contributed by atoms with Gasteiger partial charge in [0.1, 0.15) is 0 Å². The molecule has 0 fully saturated rings. The molecule has 2 heteroatoms. The van der Waals surface area contributed by atoms with Gasteiger partial charge in [-0.05, 0) is 31.9 Å². The molecule has 1 aromatic heterocycles. The highest BCUT2D eigenvalue weighted by Crippen LogP contribution is 2.09. The Labute approximate surface area is 74.0 Å². The molecule has 0 radical (unpaired) electrons. The minimum atomic E-state index is 0.522. The summed E-state index contributed by atoms with van der Waals surface area (Å²) in [7, 11) is 0. The smallest absolute Gasteiger partial charge is 0.0531 e. The van der Waals surface area contributed by atoms with Gasteiger partial charge in [-0.15, -0.1) is 0 Å². The van der Waals surface area contributed by atoms with E-state index in [-0.39, 0.29) is 0 Å². The highest BCUT2D eigenvalue weighted by atomic mass is 14.9. The summed E-state index contributed by atoms with van der Waals surface area (Å²) in [6, 6.07) is 2.63. The fourth-order valence-electron chi connectivity index (χ4n) is 1.02. The van der Waals surface area contributed by atoms with Gasteiger partial charge in [0, 0.05) is 18.4 Å². The molecule has 0 saturated heterocycles. The first-order valence-corrected chi connectivity index (χ1v) is 4.40. The average Bonchev–Trinajstić information content (AvgIpc) is 2.04. The van der Waals surface area contributed by atoms with Crippen LogP contribution in [-0.2, 0) is 0 Å². The van der Waals surface area contributed by atoms with Gasteiger partial charge in [0.15, 0.2) is 0 Å². The van der Waals surface area contributed by atoms with Crippen LogP contribution in [0.3, 0.4) is 0 Å². The van der Waals surface area contributed by atoms with Gasteiger partial charge >= 0.3 is 0 Å². The zero-order chi connectivity index (χ0) is 8.97. The van der Waals surface area contributed by atoms with Crippen molar-refractivity contribution in [1.82, 2.24) is 4.98 Å². The molecule has 1 heterocycles. The lowest BCUT2D eigenvalue weighted by molar-refractivity contribution is 0.763. The van der Waals surface area contributed by atoms with Crippen molar-refractivity contribution in [2.75, 3.05) is 5.32 Å². The Kier molecular flexibility index (Phi) is 3.09. The van der Waals surface area contributed by atoms with Crippen molar-refractivity contribution >= 4 is 5.69 Å². The number of anilines is 1. The molecule has 0 amide bonds. The fourth-order valence-corrected chi connectivity index (χ4v) is 1.02. The molecule has 66 valence electrons. The quantitative estimate of drug-likeness (QED) is 0.742. The predicted octanol–water partition coefficient (Wildman–Crippen LogP) is 2.60. The third kappa shape index (κ3) is 2.53. The summed E-state index contributed by atoms with van der Waals surface area (Å²) in [4.78, 5) is 4.11. The summed E-state index contributed by atoms with van der Waals surface area (Å²) >= 11 is 0. The van der Waals surface area contributed by atoms with Crippen molar-refractivity contribution in [3.8, 4) is 0 Å². The molecule has 2 nitrogen and oxygen atoms in total. The van der Waals surface area contributed by atoms with E-state index in [1.807, 2.05) is 12.4 Å². The van der Waals surface area contributed by atoms with E-state index >= 15 is 0 Å². The summed E-state index contributed by atoms with van der Waals surface area (Å²) in [5.74, 6) is 0. The lowest BCUT2D eigenvalue weighted by Gasteiger charge is -2.12. The molecule has 12 heavy (non-hydrogen) atoms. The second kappa shape index (κ2) is 4.10. The number of aromatic nitrogens is 1. The molecule has 0 aliphatic heterocycles. The van der Waals surface area contributed by atoms with Gasteiger partial charge in [0.2, 0.25) is 0 Å². The predicted molar refractivity (Wildman–Crippen MR) is 52.3 cm³/mol. The van der Waals surface area contributed by atoms with Gasteiger partial charge in [-0.25, -0.2) is 0 Å². The molecule has 1 N–H and O–H groups in total. The van der Waals surface area contributed by atoms with E-state index in [9.17, 15) is 0 Å². The van der Waals surface area contributed by atoms with Crippen molar-refractivity contribution in [1.29, 1.82) is 0 Å². The maximum Gasteiger partial charge on any atom is 0.0531 e. The molecule has 0 aliphatic carbocycles. The number of rotatable bonds is 3. The van der Waals surface area contributed by atoms with E-state index in [4.69, 9.17) is 0 Å². The van der Waals surface area contributed by atoms with Crippen LogP contribution in [-0.4, -0.2) is 11.0 Å². The van der Waals surface area contributed by atoms with E-state index < -0.39 is 0 Å². The van der Waals surface area contributed by atoms with Crippen molar-refractivity contribution in [2.24, 2.45) is 0 Å². The molecule has 0 bridgehead atoms. The Morgan fingerprint density at radius 1 is 1.50 bits per heavy atom. The van der Waals surface area contributed by atoms with E-state index in [2.05, 4.69) is 37.1 Å². The minimum Gasteiger partial charge on any atom is -0.381 e. The zero-order valence-corrected chi connectivity index (χ0v) is 7.96. The van der Waals surface area contributed by atoms with Crippen molar-refractivity contribution in [3.63, 3.8) is 0 Å². The lowest BCUT2D eigenvalue weighted by atomic mass is 10.2. The Hall–Kier alpha value is -1.05. The molecule has 0 aromatic carbocycles. The van der Waals surface area contributed by atoms with Crippen LogP contribution < -0.4 is 5.32 Å². The van der Waals surface area contributed by atoms with E-state index in [0.717, 1.165) is 12.1 Å². The number of aryl methyl sites for hydroxylation is 1. The summed E-state index contributed by atoms with van der Waals surface area (Å²) in [6.45, 7) is 6.39. The molecule has 0 saturated carbocycles. The first-order chi connectivity index (χ1) is 5.72. The third-order valence-electron chi connectivity index (χ3n) is 1.90. The minimum absolute atomic E-state index is 0.522. The van der Waals surface area contributed by atoms with Crippen LogP contribution in [0.25, 0.3) is 0 Å². The van der Waals surface area contributed by atoms with Crippen LogP contribution in [0, 0.1) is 6.92 Å². The van der Waals surface area contributed by atoms with Crippen LogP contribution in [0.1, 0.15) is 25.8 Å². The van der Waals surface area contributed by atoms with Gasteiger partial charge in [-0.1, -0.05) is 6.92 Å². The van der Waals surface area contributed by atoms with Gasteiger partial charge in [-0.3, -0.25) is 4.98 Å². The van der Waals surface area contributed by atoms with E-state index in [1.165, 1.54) is 5.56 Å². The molecule has 1 unspecified atom stereocenters. The first kappa shape index (κ1) is 9.04. The second-order valence-corrected chi connectivity index (χ2v) is 3.20. The topological polar surface area (TPSA) is 24.9 Å². The molecule has 1 rings (SSSR count). The number of hydrogen-bond acceptors (Lipinski definition) is 2. The fraction of sp³-hybridized carbons (Fsp3) is 0.500. The summed E-state index contributed by atoms with van der Waals surface area (Å²) < 4.78 is 0. The molecule has 1 atom stereocenters. The van der Waals surface area contributed by atoms with Gasteiger partial charge in [0.05, 0.1) is 5.69 Å². The van der Waals surface area contributed by atoms with Crippen LogP contribution in [0.2, 0.25) is 0 Å². The molecule has 0 aliphatic rings. The summed E-state index contributed by atoms with van der Waals surface area (Å²) in [5.41, 5.74) is 2.31. The van der Waals surface area contributed by atoms with E-state index in [1.54, 1.807) is 0 Å². The summed E-state index contributed by atoms with van der Waals surface area (Å²) in [6.07, 6.45) is 4.86. The normalized spacial score (nSPS) is 12.6. The number of nitrogens with zero attached hydrogens (tertiary/aromatic N) is 1. The van der Waals surface area contributed by atoms with E-state index in [0.29, 0.717) is 6.04 Å². The number of hydrogen-bond donors (Lipinski definition) is 1. The lowest BCUT2D eigenvalue weighted by Crippen LogP contribution is -2.13. The summed E-state index contributed by atoms with van der Waals surface area (Å²) in [5, 5.41) is 3.37. The van der Waals surface area contributed by atoms with Crippen molar-refractivity contribution < 1.29 is 0 Å². The Balaban J connectivity index is 2.63. The third-order valence-corrected chi connectivity index (χ3v) is 1.90. The highest BCUT2D eigenvalue weighted by Gasteiger charge is 1.97. The molecular weight excluding hydrogens is 148 g/mol. The zero-order valence-electron chi connectivity index (χ0n) is 7.96. The van der Waals surface area contributed by atoms with Crippen LogP contribution in [0.4, 0.5) is 5.69 Å². The maximum absolute atomic E-state index is 4.11.